The van der Waals surface area contributed by atoms with Crippen LogP contribution in [0.4, 0.5) is 0 Å². The summed E-state index contributed by atoms with van der Waals surface area (Å²) in [6, 6.07) is 6.43. The zero-order valence-electron chi connectivity index (χ0n) is 9.95. The van der Waals surface area contributed by atoms with Gasteiger partial charge in [-0.15, -0.1) is 0 Å². The summed E-state index contributed by atoms with van der Waals surface area (Å²) in [6.45, 7) is 4.65. The minimum atomic E-state index is 0.326. The van der Waals surface area contributed by atoms with E-state index < -0.39 is 0 Å². The van der Waals surface area contributed by atoms with Gasteiger partial charge in [-0.2, -0.15) is 0 Å². The quantitative estimate of drug-likeness (QED) is 0.768. The number of hydrogen-bond acceptors (Lipinski definition) is 3. The Balaban J connectivity index is 1.90. The van der Waals surface area contributed by atoms with E-state index in [-0.39, 0.29) is 0 Å². The lowest BCUT2D eigenvalue weighted by molar-refractivity contribution is 0.199. The molecule has 88 valence electrons. The first-order valence-electron chi connectivity index (χ1n) is 5.77. The molecule has 1 heterocycles. The van der Waals surface area contributed by atoms with Crippen molar-refractivity contribution in [1.82, 2.24) is 5.32 Å². The van der Waals surface area contributed by atoms with Gasteiger partial charge < -0.3 is 14.8 Å². The number of benzene rings is 1. The van der Waals surface area contributed by atoms with Crippen LogP contribution in [0.2, 0.25) is 0 Å². The van der Waals surface area contributed by atoms with Crippen molar-refractivity contribution < 1.29 is 9.47 Å². The Morgan fingerprint density at radius 1 is 1.50 bits per heavy atom. The first-order valence-corrected chi connectivity index (χ1v) is 5.77. The fourth-order valence-electron chi connectivity index (χ4n) is 1.99. The van der Waals surface area contributed by atoms with E-state index in [9.17, 15) is 0 Å². The number of nitrogens with one attached hydrogen (secondary N) is 1. The van der Waals surface area contributed by atoms with Gasteiger partial charge in [-0.05, 0) is 24.1 Å². The van der Waals surface area contributed by atoms with Gasteiger partial charge in [-0.3, -0.25) is 0 Å². The highest BCUT2D eigenvalue weighted by molar-refractivity contribution is 5.40. The number of methoxy groups -OCH3 is 1. The maximum atomic E-state index is 5.66. The van der Waals surface area contributed by atoms with E-state index in [1.807, 2.05) is 0 Å². The zero-order chi connectivity index (χ0) is 11.4. The Bertz CT molecular complexity index is 352. The highest BCUT2D eigenvalue weighted by Crippen LogP contribution is 2.29. The van der Waals surface area contributed by atoms with Crippen molar-refractivity contribution in [3.8, 4) is 5.75 Å². The number of hydrogen-bond donors (Lipinski definition) is 1. The molecule has 0 aliphatic carbocycles. The smallest absolute Gasteiger partial charge is 0.123 e. The summed E-state index contributed by atoms with van der Waals surface area (Å²) in [5.41, 5.74) is 2.64. The van der Waals surface area contributed by atoms with Gasteiger partial charge >= 0.3 is 0 Å². The molecular weight excluding hydrogens is 202 g/mol. The van der Waals surface area contributed by atoms with Crippen LogP contribution in [0.1, 0.15) is 18.1 Å². The Labute approximate surface area is 96.8 Å². The van der Waals surface area contributed by atoms with Crippen molar-refractivity contribution in [3.05, 3.63) is 29.3 Å². The second-order valence-corrected chi connectivity index (χ2v) is 4.24. The molecule has 1 aromatic rings. The minimum absolute atomic E-state index is 0.326. The van der Waals surface area contributed by atoms with Gasteiger partial charge in [-0.25, -0.2) is 0 Å². The average molecular weight is 221 g/mol. The summed E-state index contributed by atoms with van der Waals surface area (Å²) in [5, 5.41) is 3.34. The molecule has 16 heavy (non-hydrogen) atoms. The molecule has 1 aromatic carbocycles. The lowest BCUT2D eigenvalue weighted by Crippen LogP contribution is -2.18. The van der Waals surface area contributed by atoms with Gasteiger partial charge in [0, 0.05) is 26.6 Å². The molecule has 1 atom stereocenters. The molecule has 0 saturated heterocycles. The largest absolute Gasteiger partial charge is 0.490 e. The van der Waals surface area contributed by atoms with E-state index in [0.717, 1.165) is 31.9 Å². The molecule has 2 rings (SSSR count). The Morgan fingerprint density at radius 2 is 2.38 bits per heavy atom. The van der Waals surface area contributed by atoms with Gasteiger partial charge in [0.1, 0.15) is 11.9 Å². The Hall–Kier alpha value is -1.06. The van der Waals surface area contributed by atoms with E-state index >= 15 is 0 Å². The van der Waals surface area contributed by atoms with Crippen LogP contribution in [0.15, 0.2) is 18.2 Å². The lowest BCUT2D eigenvalue weighted by Gasteiger charge is -2.06. The molecule has 0 aromatic heterocycles. The number of ether oxygens (including phenoxy) is 2. The molecule has 0 bridgehead atoms. The molecule has 0 radical (unpaired) electrons. The SMILES string of the molecule is COCCNCc1ccc2c(c1)CC(C)O2. The Morgan fingerprint density at radius 3 is 3.19 bits per heavy atom. The van der Waals surface area contributed by atoms with E-state index in [1.54, 1.807) is 7.11 Å². The second kappa shape index (κ2) is 5.32. The van der Waals surface area contributed by atoms with Crippen LogP contribution in [0.5, 0.6) is 5.75 Å². The summed E-state index contributed by atoms with van der Waals surface area (Å²) in [5.74, 6) is 1.05. The molecule has 1 unspecified atom stereocenters. The second-order valence-electron chi connectivity index (χ2n) is 4.24. The van der Waals surface area contributed by atoms with Crippen molar-refractivity contribution in [2.45, 2.75) is 26.0 Å². The zero-order valence-corrected chi connectivity index (χ0v) is 9.95. The normalized spacial score (nSPS) is 18.2. The highest BCUT2D eigenvalue weighted by Gasteiger charge is 2.18. The Kier molecular flexibility index (Phi) is 3.80. The number of fused-ring (bicyclic) bond motifs is 1. The third-order valence-corrected chi connectivity index (χ3v) is 2.77. The van der Waals surface area contributed by atoms with Gasteiger partial charge in [0.2, 0.25) is 0 Å². The van der Waals surface area contributed by atoms with Crippen molar-refractivity contribution >= 4 is 0 Å². The van der Waals surface area contributed by atoms with Crippen LogP contribution in [-0.4, -0.2) is 26.4 Å². The minimum Gasteiger partial charge on any atom is -0.490 e. The van der Waals surface area contributed by atoms with Crippen molar-refractivity contribution in [1.29, 1.82) is 0 Å². The molecule has 1 aliphatic rings. The maximum Gasteiger partial charge on any atom is 0.123 e. The van der Waals surface area contributed by atoms with Gasteiger partial charge in [0.25, 0.3) is 0 Å². The molecular formula is C13H19NO2. The summed E-state index contributed by atoms with van der Waals surface area (Å²) in [4.78, 5) is 0. The van der Waals surface area contributed by atoms with Crippen LogP contribution >= 0.6 is 0 Å². The summed E-state index contributed by atoms with van der Waals surface area (Å²) >= 11 is 0. The van der Waals surface area contributed by atoms with Crippen LogP contribution in [-0.2, 0) is 17.7 Å². The van der Waals surface area contributed by atoms with Crippen LogP contribution < -0.4 is 10.1 Å². The monoisotopic (exact) mass is 221 g/mol. The standard InChI is InChI=1S/C13H19NO2/c1-10-7-12-8-11(3-4-13(12)16-10)9-14-5-6-15-2/h3-4,8,10,14H,5-7,9H2,1-2H3. The molecule has 1 aliphatic heterocycles. The van der Waals surface area contributed by atoms with Crippen molar-refractivity contribution in [2.75, 3.05) is 20.3 Å². The van der Waals surface area contributed by atoms with Gasteiger partial charge in [0.05, 0.1) is 6.61 Å². The van der Waals surface area contributed by atoms with Gasteiger partial charge in [0.15, 0.2) is 0 Å². The third kappa shape index (κ3) is 2.74. The topological polar surface area (TPSA) is 30.5 Å². The van der Waals surface area contributed by atoms with Gasteiger partial charge in [-0.1, -0.05) is 12.1 Å². The third-order valence-electron chi connectivity index (χ3n) is 2.77. The first-order chi connectivity index (χ1) is 7.79. The predicted octanol–water partition coefficient (Wildman–Crippen LogP) is 1.75. The molecule has 3 nitrogen and oxygen atoms in total. The summed E-state index contributed by atoms with van der Waals surface area (Å²) in [7, 11) is 1.72. The molecule has 0 amide bonds. The van der Waals surface area contributed by atoms with E-state index in [2.05, 4.69) is 30.4 Å². The van der Waals surface area contributed by atoms with Crippen molar-refractivity contribution in [2.24, 2.45) is 0 Å². The molecule has 0 saturated carbocycles. The van der Waals surface area contributed by atoms with E-state index in [0.29, 0.717) is 6.10 Å². The first kappa shape index (κ1) is 11.4. The van der Waals surface area contributed by atoms with E-state index in [4.69, 9.17) is 9.47 Å². The average Bonchev–Trinajstić information content (AvgIpc) is 2.64. The fraction of sp³-hybridized carbons (Fsp3) is 0.538. The van der Waals surface area contributed by atoms with Crippen LogP contribution in [0.25, 0.3) is 0 Å². The predicted molar refractivity (Wildman–Crippen MR) is 63.8 cm³/mol. The lowest BCUT2D eigenvalue weighted by atomic mass is 10.1. The summed E-state index contributed by atoms with van der Waals surface area (Å²) in [6.07, 6.45) is 1.35. The van der Waals surface area contributed by atoms with E-state index in [1.165, 1.54) is 11.1 Å². The molecule has 0 spiro atoms. The fourth-order valence-corrected chi connectivity index (χ4v) is 1.99. The maximum absolute atomic E-state index is 5.66. The van der Waals surface area contributed by atoms with Crippen LogP contribution in [0.3, 0.4) is 0 Å². The highest BCUT2D eigenvalue weighted by atomic mass is 16.5. The van der Waals surface area contributed by atoms with Crippen molar-refractivity contribution in [3.63, 3.8) is 0 Å². The number of rotatable bonds is 5. The summed E-state index contributed by atoms with van der Waals surface area (Å²) < 4.78 is 10.6. The molecule has 1 N–H and O–H groups in total. The molecule has 3 heteroatoms. The van der Waals surface area contributed by atoms with Crippen LogP contribution in [0, 0.1) is 0 Å². The molecule has 0 fully saturated rings.